The van der Waals surface area contributed by atoms with E-state index in [9.17, 15) is 9.18 Å². The fourth-order valence-electron chi connectivity index (χ4n) is 4.27. The van der Waals surface area contributed by atoms with E-state index in [4.69, 9.17) is 15.6 Å². The predicted octanol–water partition coefficient (Wildman–Crippen LogP) is 5.51. The molecule has 0 spiro atoms. The van der Waals surface area contributed by atoms with Crippen molar-refractivity contribution < 1.29 is 13.9 Å². The molecule has 1 saturated heterocycles. The number of nitrogen functional groups attached to an aromatic ring is 1. The number of amides is 1. The molecule has 1 aliphatic rings. The van der Waals surface area contributed by atoms with Gasteiger partial charge in [0.2, 0.25) is 0 Å². The summed E-state index contributed by atoms with van der Waals surface area (Å²) in [7, 11) is 0. The van der Waals surface area contributed by atoms with Gasteiger partial charge < -0.3 is 15.4 Å². The predicted molar refractivity (Wildman–Crippen MR) is 136 cm³/mol. The van der Waals surface area contributed by atoms with Gasteiger partial charge in [0.05, 0.1) is 5.69 Å². The Morgan fingerprint density at radius 2 is 1.83 bits per heavy atom. The van der Waals surface area contributed by atoms with Crippen molar-refractivity contribution in [1.82, 2.24) is 14.7 Å². The number of carbonyl (C=O) groups excluding carboxylic acids is 1. The number of benzene rings is 3. The molecule has 3 aromatic carbocycles. The molecule has 2 heterocycles. The number of halogens is 2. The standard InChI is InChI=1S/C27H24BrFN4O2/c1-17-26(34)32(14-13-18-3-2-4-22(30)15-18)27(35-17)24-16-33(23-11-7-20(28)8-12-23)31-25(24)19-5-9-21(29)10-6-19/h2-12,15-17,27H,13-14,30H2,1H3/t17-,27+/m0/s1. The van der Waals surface area contributed by atoms with Gasteiger partial charge in [-0.05, 0) is 79.6 Å². The van der Waals surface area contributed by atoms with Crippen molar-refractivity contribution in [3.8, 4) is 16.9 Å². The van der Waals surface area contributed by atoms with Gasteiger partial charge >= 0.3 is 0 Å². The quantitative estimate of drug-likeness (QED) is 0.331. The van der Waals surface area contributed by atoms with Crippen LogP contribution in [-0.2, 0) is 16.0 Å². The van der Waals surface area contributed by atoms with Gasteiger partial charge in [0.25, 0.3) is 5.91 Å². The van der Waals surface area contributed by atoms with Gasteiger partial charge in [-0.1, -0.05) is 28.1 Å². The second-order valence-corrected chi connectivity index (χ2v) is 9.43. The molecule has 5 rings (SSSR count). The first-order valence-electron chi connectivity index (χ1n) is 11.3. The molecule has 0 aliphatic carbocycles. The van der Waals surface area contributed by atoms with Gasteiger partial charge in [0.15, 0.2) is 6.23 Å². The van der Waals surface area contributed by atoms with E-state index >= 15 is 0 Å². The summed E-state index contributed by atoms with van der Waals surface area (Å²) in [4.78, 5) is 14.8. The van der Waals surface area contributed by atoms with Crippen molar-refractivity contribution >= 4 is 27.5 Å². The zero-order valence-electron chi connectivity index (χ0n) is 19.1. The van der Waals surface area contributed by atoms with Crippen molar-refractivity contribution in [3.63, 3.8) is 0 Å². The van der Waals surface area contributed by atoms with Crippen LogP contribution in [0.25, 0.3) is 16.9 Å². The highest BCUT2D eigenvalue weighted by molar-refractivity contribution is 9.10. The van der Waals surface area contributed by atoms with Crippen LogP contribution < -0.4 is 5.73 Å². The van der Waals surface area contributed by atoms with E-state index in [1.54, 1.807) is 28.6 Å². The van der Waals surface area contributed by atoms with Gasteiger partial charge in [-0.3, -0.25) is 4.79 Å². The molecule has 2 N–H and O–H groups in total. The summed E-state index contributed by atoms with van der Waals surface area (Å²) in [6.45, 7) is 2.22. The molecule has 35 heavy (non-hydrogen) atoms. The van der Waals surface area contributed by atoms with Gasteiger partial charge in [0.1, 0.15) is 17.6 Å². The van der Waals surface area contributed by atoms with Crippen molar-refractivity contribution in [1.29, 1.82) is 0 Å². The minimum atomic E-state index is -0.622. The number of nitrogens with zero attached hydrogens (tertiary/aromatic N) is 3. The van der Waals surface area contributed by atoms with Crippen LogP contribution in [0, 0.1) is 5.82 Å². The maximum absolute atomic E-state index is 13.6. The van der Waals surface area contributed by atoms with Crippen molar-refractivity contribution in [2.24, 2.45) is 0 Å². The first-order chi connectivity index (χ1) is 16.9. The Kier molecular flexibility index (Phi) is 6.40. The molecule has 0 unspecified atom stereocenters. The van der Waals surface area contributed by atoms with E-state index in [0.29, 0.717) is 24.3 Å². The van der Waals surface area contributed by atoms with Crippen LogP contribution in [0.4, 0.5) is 10.1 Å². The lowest BCUT2D eigenvalue weighted by Crippen LogP contribution is -2.32. The lowest BCUT2D eigenvalue weighted by Gasteiger charge is -2.23. The first kappa shape index (κ1) is 23.3. The summed E-state index contributed by atoms with van der Waals surface area (Å²) < 4.78 is 22.5. The molecule has 0 saturated carbocycles. The van der Waals surface area contributed by atoms with Crippen molar-refractivity contribution in [3.05, 3.63) is 100 Å². The minimum Gasteiger partial charge on any atom is -0.399 e. The average molecular weight is 535 g/mol. The molecule has 8 heteroatoms. The molecule has 2 atom stereocenters. The zero-order valence-corrected chi connectivity index (χ0v) is 20.7. The van der Waals surface area contributed by atoms with E-state index in [1.165, 1.54) is 12.1 Å². The number of hydrogen-bond donors (Lipinski definition) is 1. The van der Waals surface area contributed by atoms with E-state index in [1.807, 2.05) is 54.7 Å². The average Bonchev–Trinajstić information content (AvgIpc) is 3.40. The van der Waals surface area contributed by atoms with Gasteiger partial charge in [0, 0.05) is 34.0 Å². The summed E-state index contributed by atoms with van der Waals surface area (Å²) in [5.41, 5.74) is 10.6. The Bertz CT molecular complexity index is 1350. The summed E-state index contributed by atoms with van der Waals surface area (Å²) in [6, 6.07) is 21.6. The Morgan fingerprint density at radius 3 is 2.54 bits per heavy atom. The highest BCUT2D eigenvalue weighted by atomic mass is 79.9. The molecule has 178 valence electrons. The van der Waals surface area contributed by atoms with Gasteiger partial charge in [-0.2, -0.15) is 5.10 Å². The third kappa shape index (κ3) is 4.85. The fraction of sp³-hybridized carbons (Fsp3) is 0.185. The molecule has 0 radical (unpaired) electrons. The van der Waals surface area contributed by atoms with Crippen LogP contribution in [0.5, 0.6) is 0 Å². The monoisotopic (exact) mass is 534 g/mol. The Hall–Kier alpha value is -3.49. The molecular formula is C27H24BrFN4O2. The number of anilines is 1. The summed E-state index contributed by atoms with van der Waals surface area (Å²) in [6.07, 6.45) is 1.31. The molecule has 1 aliphatic heterocycles. The summed E-state index contributed by atoms with van der Waals surface area (Å²) >= 11 is 3.46. The Balaban J connectivity index is 1.54. The summed E-state index contributed by atoms with van der Waals surface area (Å²) in [5, 5.41) is 4.81. The third-order valence-corrected chi connectivity index (χ3v) is 6.59. The third-order valence-electron chi connectivity index (χ3n) is 6.06. The normalized spacial score (nSPS) is 17.8. The second kappa shape index (κ2) is 9.64. The van der Waals surface area contributed by atoms with E-state index in [0.717, 1.165) is 26.9 Å². The molecule has 1 aromatic heterocycles. The van der Waals surface area contributed by atoms with Gasteiger partial charge in [-0.15, -0.1) is 0 Å². The lowest BCUT2D eigenvalue weighted by atomic mass is 10.1. The SMILES string of the molecule is C[C@@H]1O[C@H](c2cn(-c3ccc(Br)cc3)nc2-c2ccc(F)cc2)N(CCc2cccc(N)c2)C1=O. The molecule has 0 bridgehead atoms. The van der Waals surface area contributed by atoms with Crippen LogP contribution >= 0.6 is 15.9 Å². The van der Waals surface area contributed by atoms with Crippen LogP contribution in [0.1, 0.15) is 24.3 Å². The highest BCUT2D eigenvalue weighted by Crippen LogP contribution is 2.37. The smallest absolute Gasteiger partial charge is 0.253 e. The number of carbonyl (C=O) groups is 1. The Labute approximate surface area is 211 Å². The lowest BCUT2D eigenvalue weighted by molar-refractivity contribution is -0.130. The molecule has 4 aromatic rings. The fourth-order valence-corrected chi connectivity index (χ4v) is 4.53. The number of rotatable bonds is 6. The minimum absolute atomic E-state index is 0.0830. The van der Waals surface area contributed by atoms with Crippen LogP contribution in [0.2, 0.25) is 0 Å². The van der Waals surface area contributed by atoms with E-state index in [-0.39, 0.29) is 11.7 Å². The zero-order chi connectivity index (χ0) is 24.5. The maximum atomic E-state index is 13.6. The van der Waals surface area contributed by atoms with Crippen LogP contribution in [0.15, 0.2) is 83.5 Å². The maximum Gasteiger partial charge on any atom is 0.253 e. The topological polar surface area (TPSA) is 73.4 Å². The number of aromatic nitrogens is 2. The van der Waals surface area contributed by atoms with Crippen LogP contribution in [-0.4, -0.2) is 33.2 Å². The van der Waals surface area contributed by atoms with Crippen LogP contribution in [0.3, 0.4) is 0 Å². The molecule has 1 amide bonds. The molecular weight excluding hydrogens is 511 g/mol. The second-order valence-electron chi connectivity index (χ2n) is 8.52. The van der Waals surface area contributed by atoms with Gasteiger partial charge in [-0.25, -0.2) is 9.07 Å². The Morgan fingerprint density at radius 1 is 1.09 bits per heavy atom. The molecule has 6 nitrogen and oxygen atoms in total. The number of nitrogens with two attached hydrogens (primary N) is 1. The first-order valence-corrected chi connectivity index (χ1v) is 12.1. The van der Waals surface area contributed by atoms with Crippen molar-refractivity contribution in [2.75, 3.05) is 12.3 Å². The highest BCUT2D eigenvalue weighted by Gasteiger charge is 2.40. The number of hydrogen-bond acceptors (Lipinski definition) is 4. The number of ether oxygens (including phenoxy) is 1. The largest absolute Gasteiger partial charge is 0.399 e. The van der Waals surface area contributed by atoms with Crippen molar-refractivity contribution in [2.45, 2.75) is 25.7 Å². The van der Waals surface area contributed by atoms with E-state index < -0.39 is 12.3 Å². The van der Waals surface area contributed by atoms with E-state index in [2.05, 4.69) is 15.9 Å². The molecule has 1 fully saturated rings. The summed E-state index contributed by atoms with van der Waals surface area (Å²) in [5.74, 6) is -0.410.